The van der Waals surface area contributed by atoms with Gasteiger partial charge in [0.1, 0.15) is 0 Å². The van der Waals surface area contributed by atoms with E-state index in [2.05, 4.69) is 4.74 Å². The lowest BCUT2D eigenvalue weighted by Crippen LogP contribution is -1.88. The third-order valence-corrected chi connectivity index (χ3v) is 1.25. The van der Waals surface area contributed by atoms with Crippen LogP contribution in [0.5, 0.6) is 0 Å². The topological polar surface area (TPSA) is 50.2 Å². The smallest absolute Gasteiger partial charge is 0.302 e. The molecular weight excluding hydrogens is 166 g/mol. The third kappa shape index (κ3) is 6.75. The van der Waals surface area contributed by atoms with Gasteiger partial charge in [-0.15, -0.1) is 0 Å². The van der Waals surface area contributed by atoms with E-state index in [1.165, 1.54) is 20.2 Å². The van der Waals surface area contributed by atoms with Gasteiger partial charge in [0.15, 0.2) is 0 Å². The summed E-state index contributed by atoms with van der Waals surface area (Å²) in [6.07, 6.45) is 1.33. The molecule has 1 aromatic rings. The molecule has 0 heterocycles. The Morgan fingerprint density at radius 2 is 1.85 bits per heavy atom. The van der Waals surface area contributed by atoms with Crippen LogP contribution in [0, 0.1) is 5.41 Å². The van der Waals surface area contributed by atoms with E-state index in [0.717, 1.165) is 5.56 Å². The summed E-state index contributed by atoms with van der Waals surface area (Å²) in [5.41, 5.74) is 0.951. The number of hydrogen-bond acceptors (Lipinski definition) is 3. The van der Waals surface area contributed by atoms with Gasteiger partial charge in [0.05, 0.1) is 7.11 Å². The molecule has 0 bridgehead atoms. The number of hydrogen-bond donors (Lipinski definition) is 1. The average Bonchev–Trinajstić information content (AvgIpc) is 2.20. The second kappa shape index (κ2) is 7.03. The SMILES string of the molecule is COC(C)=O.N=Cc1ccccc1. The van der Waals surface area contributed by atoms with Gasteiger partial charge in [-0.05, 0) is 5.56 Å². The molecule has 3 nitrogen and oxygen atoms in total. The highest BCUT2D eigenvalue weighted by Gasteiger charge is 1.77. The minimum Gasteiger partial charge on any atom is -0.469 e. The predicted octanol–water partition coefficient (Wildman–Crippen LogP) is 1.86. The first kappa shape index (κ1) is 11.4. The van der Waals surface area contributed by atoms with Crippen LogP contribution in [0.3, 0.4) is 0 Å². The summed E-state index contributed by atoms with van der Waals surface area (Å²) in [4.78, 5) is 9.59. The first-order valence-corrected chi connectivity index (χ1v) is 3.80. The van der Waals surface area contributed by atoms with Gasteiger partial charge >= 0.3 is 5.97 Å². The second-order valence-electron chi connectivity index (χ2n) is 2.25. The Kier molecular flexibility index (Phi) is 6.15. The van der Waals surface area contributed by atoms with Gasteiger partial charge < -0.3 is 10.1 Å². The van der Waals surface area contributed by atoms with Crippen molar-refractivity contribution in [3.63, 3.8) is 0 Å². The molecule has 0 saturated carbocycles. The molecule has 0 amide bonds. The van der Waals surface area contributed by atoms with Crippen molar-refractivity contribution in [2.45, 2.75) is 6.92 Å². The molecule has 0 aliphatic rings. The van der Waals surface area contributed by atoms with Crippen molar-refractivity contribution >= 4 is 12.2 Å². The van der Waals surface area contributed by atoms with Crippen LogP contribution < -0.4 is 0 Å². The van der Waals surface area contributed by atoms with Crippen LogP contribution in [-0.2, 0) is 9.53 Å². The summed E-state index contributed by atoms with van der Waals surface area (Å²) >= 11 is 0. The van der Waals surface area contributed by atoms with Crippen molar-refractivity contribution in [1.29, 1.82) is 5.41 Å². The molecule has 1 aromatic carbocycles. The number of carbonyl (C=O) groups is 1. The van der Waals surface area contributed by atoms with Crippen LogP contribution in [0.1, 0.15) is 12.5 Å². The number of carbonyl (C=O) groups excluding carboxylic acids is 1. The monoisotopic (exact) mass is 179 g/mol. The standard InChI is InChI=1S/C7H7N.C3H6O2/c8-6-7-4-2-1-3-5-7;1-3(4)5-2/h1-6,8H;1-2H3. The van der Waals surface area contributed by atoms with Crippen molar-refractivity contribution in [3.05, 3.63) is 35.9 Å². The molecule has 0 aromatic heterocycles. The lowest BCUT2D eigenvalue weighted by molar-refractivity contribution is -0.137. The second-order valence-corrected chi connectivity index (χ2v) is 2.25. The number of ether oxygens (including phenoxy) is 1. The molecule has 0 aliphatic carbocycles. The molecule has 1 rings (SSSR count). The van der Waals surface area contributed by atoms with Gasteiger partial charge in [0.2, 0.25) is 0 Å². The van der Waals surface area contributed by atoms with E-state index in [9.17, 15) is 4.79 Å². The summed E-state index contributed by atoms with van der Waals surface area (Å²) in [5, 5.41) is 6.82. The lowest BCUT2D eigenvalue weighted by atomic mass is 10.2. The molecule has 0 fully saturated rings. The van der Waals surface area contributed by atoms with E-state index >= 15 is 0 Å². The molecule has 1 N–H and O–H groups in total. The van der Waals surface area contributed by atoms with Crippen molar-refractivity contribution in [3.8, 4) is 0 Å². The lowest BCUT2D eigenvalue weighted by Gasteiger charge is -1.84. The summed E-state index contributed by atoms with van der Waals surface area (Å²) in [6.45, 7) is 1.36. The van der Waals surface area contributed by atoms with Gasteiger partial charge in [-0.2, -0.15) is 0 Å². The fourth-order valence-corrected chi connectivity index (χ4v) is 0.549. The van der Waals surface area contributed by atoms with E-state index in [1.54, 1.807) is 0 Å². The minimum absolute atomic E-state index is 0.245. The fourth-order valence-electron chi connectivity index (χ4n) is 0.549. The van der Waals surface area contributed by atoms with Gasteiger partial charge in [0.25, 0.3) is 0 Å². The van der Waals surface area contributed by atoms with E-state index < -0.39 is 0 Å². The number of esters is 1. The zero-order valence-corrected chi connectivity index (χ0v) is 7.78. The number of rotatable bonds is 1. The maximum Gasteiger partial charge on any atom is 0.302 e. The molecular formula is C10H13NO2. The zero-order valence-electron chi connectivity index (χ0n) is 7.78. The van der Waals surface area contributed by atoms with E-state index in [-0.39, 0.29) is 5.97 Å². The molecule has 0 unspecified atom stereocenters. The van der Waals surface area contributed by atoms with Gasteiger partial charge in [0, 0.05) is 13.1 Å². The van der Waals surface area contributed by atoms with Crippen molar-refractivity contribution < 1.29 is 9.53 Å². The Hall–Kier alpha value is -1.64. The normalized spacial score (nSPS) is 7.85. The third-order valence-electron chi connectivity index (χ3n) is 1.25. The van der Waals surface area contributed by atoms with Crippen molar-refractivity contribution in [1.82, 2.24) is 0 Å². The first-order valence-electron chi connectivity index (χ1n) is 3.80. The summed E-state index contributed by atoms with van der Waals surface area (Å²) in [7, 11) is 1.35. The highest BCUT2D eigenvalue weighted by Crippen LogP contribution is 1.91. The van der Waals surface area contributed by atoms with Crippen LogP contribution in [0.4, 0.5) is 0 Å². The highest BCUT2D eigenvalue weighted by atomic mass is 16.5. The zero-order chi connectivity index (χ0) is 10.1. The number of methoxy groups -OCH3 is 1. The molecule has 0 saturated heterocycles. The van der Waals surface area contributed by atoms with Gasteiger partial charge in [-0.3, -0.25) is 4.79 Å². The maximum atomic E-state index is 9.59. The molecule has 3 heteroatoms. The number of nitrogens with one attached hydrogen (secondary N) is 1. The highest BCUT2D eigenvalue weighted by molar-refractivity contribution is 5.76. The molecule has 0 aliphatic heterocycles. The van der Waals surface area contributed by atoms with Crippen LogP contribution in [0.15, 0.2) is 30.3 Å². The molecule has 70 valence electrons. The van der Waals surface area contributed by atoms with Crippen LogP contribution in [0.25, 0.3) is 0 Å². The van der Waals surface area contributed by atoms with Crippen LogP contribution in [0.2, 0.25) is 0 Å². The maximum absolute atomic E-state index is 9.59. The van der Waals surface area contributed by atoms with Crippen molar-refractivity contribution in [2.75, 3.05) is 7.11 Å². The van der Waals surface area contributed by atoms with Gasteiger partial charge in [-0.25, -0.2) is 0 Å². The Balaban J connectivity index is 0.000000252. The van der Waals surface area contributed by atoms with Crippen LogP contribution in [-0.4, -0.2) is 19.3 Å². The Morgan fingerprint density at radius 1 is 1.38 bits per heavy atom. The Labute approximate surface area is 77.9 Å². The summed E-state index contributed by atoms with van der Waals surface area (Å²) < 4.78 is 4.11. The average molecular weight is 179 g/mol. The predicted molar refractivity (Wildman–Crippen MR) is 52.0 cm³/mol. The quantitative estimate of drug-likeness (QED) is 0.528. The minimum atomic E-state index is -0.245. The van der Waals surface area contributed by atoms with E-state index in [0.29, 0.717) is 0 Å². The molecule has 13 heavy (non-hydrogen) atoms. The van der Waals surface area contributed by atoms with Crippen molar-refractivity contribution in [2.24, 2.45) is 0 Å². The van der Waals surface area contributed by atoms with Crippen LogP contribution >= 0.6 is 0 Å². The summed E-state index contributed by atoms with van der Waals surface area (Å²) in [6, 6.07) is 9.56. The fraction of sp³-hybridized carbons (Fsp3) is 0.200. The number of benzene rings is 1. The molecule has 0 spiro atoms. The molecule has 0 atom stereocenters. The Bertz CT molecular complexity index is 257. The summed E-state index contributed by atoms with van der Waals surface area (Å²) in [5.74, 6) is -0.245. The first-order chi connectivity index (χ1) is 6.20. The van der Waals surface area contributed by atoms with E-state index in [4.69, 9.17) is 5.41 Å². The largest absolute Gasteiger partial charge is 0.469 e. The molecule has 0 radical (unpaired) electrons. The Morgan fingerprint density at radius 3 is 2.08 bits per heavy atom. The van der Waals surface area contributed by atoms with Gasteiger partial charge in [-0.1, -0.05) is 30.3 Å². The van der Waals surface area contributed by atoms with E-state index in [1.807, 2.05) is 30.3 Å².